The number of esters is 1. The van der Waals surface area contributed by atoms with Gasteiger partial charge < -0.3 is 14.1 Å². The molecule has 0 fully saturated rings. The van der Waals surface area contributed by atoms with Crippen LogP contribution in [0.25, 0.3) is 0 Å². The van der Waals surface area contributed by atoms with Crippen LogP contribution in [0.2, 0.25) is 18.1 Å². The fourth-order valence-electron chi connectivity index (χ4n) is 3.72. The van der Waals surface area contributed by atoms with E-state index in [-0.39, 0.29) is 34.0 Å². The Hall–Kier alpha value is -1.93. The Morgan fingerprint density at radius 2 is 1.80 bits per heavy atom. The number of rotatable bonds is 15. The van der Waals surface area contributed by atoms with Crippen molar-refractivity contribution in [2.24, 2.45) is 5.92 Å². The van der Waals surface area contributed by atoms with Crippen molar-refractivity contribution in [1.82, 2.24) is 0 Å². The summed E-state index contributed by atoms with van der Waals surface area (Å²) >= 11 is 0. The number of nitrogens with zero attached hydrogens (tertiary/aromatic N) is 2. The average Bonchev–Trinajstić information content (AvgIpc) is 2.73. The summed E-state index contributed by atoms with van der Waals surface area (Å²) in [5.74, 6) is -0.0640. The predicted molar refractivity (Wildman–Crippen MR) is 147 cm³/mol. The summed E-state index contributed by atoms with van der Waals surface area (Å²) in [5, 5.41) is 12.2. The molecule has 0 unspecified atom stereocenters. The van der Waals surface area contributed by atoms with Crippen molar-refractivity contribution < 1.29 is 18.9 Å². The lowest BCUT2D eigenvalue weighted by atomic mass is 9.96. The number of nitro benzene ring substituents is 1. The average molecular weight is 509 g/mol. The van der Waals surface area contributed by atoms with E-state index in [1.807, 2.05) is 19.1 Å². The van der Waals surface area contributed by atoms with Gasteiger partial charge in [0.25, 0.3) is 5.69 Å². The summed E-state index contributed by atoms with van der Waals surface area (Å²) in [7, 11) is -1.73. The van der Waals surface area contributed by atoms with E-state index in [0.717, 1.165) is 44.5 Å². The molecule has 1 aromatic rings. The Morgan fingerprint density at radius 1 is 1.14 bits per heavy atom. The molecule has 0 radical (unpaired) electrons. The van der Waals surface area contributed by atoms with Crippen LogP contribution in [0.15, 0.2) is 18.2 Å². The number of unbranched alkanes of at least 4 members (excludes halogenated alkanes) is 2. The van der Waals surface area contributed by atoms with Crippen molar-refractivity contribution in [3.05, 3.63) is 33.9 Å². The fraction of sp³-hybridized carbons (Fsp3) is 0.741. The molecule has 0 aromatic heterocycles. The number of hydrogen-bond donors (Lipinski definition) is 0. The number of nitro groups is 1. The zero-order chi connectivity index (χ0) is 26.8. The van der Waals surface area contributed by atoms with E-state index < -0.39 is 8.32 Å². The highest BCUT2D eigenvalue weighted by atomic mass is 28.4. The molecule has 0 N–H and O–H groups in total. The number of ether oxygens (including phenoxy) is 1. The van der Waals surface area contributed by atoms with Crippen molar-refractivity contribution in [3.8, 4) is 0 Å². The Labute approximate surface area is 213 Å². The molecule has 0 aliphatic carbocycles. The SMILES string of the molecule is CCOC(=O)C[C@@H](C)c1ccc(N(CCCCCO[Si](C)(C)C(C)(C)C)CC(C)C)c([N+](=O)[O-])c1. The van der Waals surface area contributed by atoms with E-state index in [1.54, 1.807) is 13.0 Å². The molecule has 0 saturated heterocycles. The molecule has 35 heavy (non-hydrogen) atoms. The van der Waals surface area contributed by atoms with E-state index in [4.69, 9.17) is 9.16 Å². The van der Waals surface area contributed by atoms with Crippen LogP contribution >= 0.6 is 0 Å². The largest absolute Gasteiger partial charge is 0.466 e. The third-order valence-corrected chi connectivity index (χ3v) is 11.3. The van der Waals surface area contributed by atoms with Gasteiger partial charge in [-0.1, -0.05) is 47.6 Å². The Bertz CT molecular complexity index is 820. The molecule has 0 bridgehead atoms. The fourth-order valence-corrected chi connectivity index (χ4v) is 4.81. The van der Waals surface area contributed by atoms with Crippen LogP contribution in [-0.4, -0.2) is 45.5 Å². The molecule has 0 saturated carbocycles. The van der Waals surface area contributed by atoms with Crippen molar-refractivity contribution in [2.75, 3.05) is 31.2 Å². The molecular weight excluding hydrogens is 460 g/mol. The molecule has 8 heteroatoms. The number of anilines is 1. The predicted octanol–water partition coefficient (Wildman–Crippen LogP) is 7.31. The molecule has 1 atom stereocenters. The maximum absolute atomic E-state index is 12.0. The standard InChI is InChI=1S/C27H48N2O5Si/c1-10-33-26(30)18-22(4)23-14-15-24(25(19-23)29(31)32)28(20-21(2)3)16-12-11-13-17-34-35(8,9)27(5,6)7/h14-15,19,21-22H,10-13,16-18,20H2,1-9H3/t22-/m1/s1. The maximum Gasteiger partial charge on any atom is 0.306 e. The zero-order valence-electron chi connectivity index (χ0n) is 23.5. The molecule has 0 heterocycles. The summed E-state index contributed by atoms with van der Waals surface area (Å²) in [5.41, 5.74) is 1.52. The molecular formula is C27H48N2O5Si. The summed E-state index contributed by atoms with van der Waals surface area (Å²) < 4.78 is 11.3. The highest BCUT2D eigenvalue weighted by Crippen LogP contribution is 2.37. The minimum absolute atomic E-state index is 0.0973. The minimum Gasteiger partial charge on any atom is -0.466 e. The topological polar surface area (TPSA) is 81.9 Å². The Kier molecular flexibility index (Phi) is 12.4. The van der Waals surface area contributed by atoms with Gasteiger partial charge in [0.1, 0.15) is 5.69 Å². The van der Waals surface area contributed by atoms with Crippen molar-refractivity contribution in [2.45, 2.75) is 98.2 Å². The molecule has 1 rings (SSSR count). The van der Waals surface area contributed by atoms with Gasteiger partial charge in [-0.3, -0.25) is 14.9 Å². The minimum atomic E-state index is -1.73. The van der Waals surface area contributed by atoms with Gasteiger partial charge in [-0.25, -0.2) is 0 Å². The van der Waals surface area contributed by atoms with E-state index >= 15 is 0 Å². The van der Waals surface area contributed by atoms with Crippen molar-refractivity contribution >= 4 is 25.7 Å². The van der Waals surface area contributed by atoms with Crippen LogP contribution in [0.1, 0.15) is 85.6 Å². The van der Waals surface area contributed by atoms with Gasteiger partial charge in [0.2, 0.25) is 0 Å². The van der Waals surface area contributed by atoms with Crippen LogP contribution in [-0.2, 0) is 14.0 Å². The smallest absolute Gasteiger partial charge is 0.306 e. The molecule has 0 spiro atoms. The first-order valence-corrected chi connectivity index (χ1v) is 15.9. The highest BCUT2D eigenvalue weighted by molar-refractivity contribution is 6.74. The maximum atomic E-state index is 12.0. The van der Waals surface area contributed by atoms with Crippen LogP contribution < -0.4 is 4.90 Å². The van der Waals surface area contributed by atoms with Gasteiger partial charge in [-0.2, -0.15) is 0 Å². The number of benzene rings is 1. The lowest BCUT2D eigenvalue weighted by Gasteiger charge is -2.36. The van der Waals surface area contributed by atoms with Crippen LogP contribution in [0.4, 0.5) is 11.4 Å². The first kappa shape index (κ1) is 31.1. The van der Waals surface area contributed by atoms with E-state index in [1.165, 1.54) is 0 Å². The van der Waals surface area contributed by atoms with Crippen LogP contribution in [0, 0.1) is 16.0 Å². The Morgan fingerprint density at radius 3 is 2.34 bits per heavy atom. The lowest BCUT2D eigenvalue weighted by molar-refractivity contribution is -0.384. The summed E-state index contributed by atoms with van der Waals surface area (Å²) in [6, 6.07) is 5.38. The van der Waals surface area contributed by atoms with Gasteiger partial charge in [-0.05, 0) is 67.8 Å². The second-order valence-corrected chi connectivity index (χ2v) is 16.2. The third-order valence-electron chi connectivity index (χ3n) is 6.81. The van der Waals surface area contributed by atoms with Gasteiger partial charge in [0.15, 0.2) is 8.32 Å². The monoisotopic (exact) mass is 508 g/mol. The highest BCUT2D eigenvalue weighted by Gasteiger charge is 2.36. The third kappa shape index (κ3) is 10.3. The van der Waals surface area contributed by atoms with E-state index in [2.05, 4.69) is 52.6 Å². The number of carbonyl (C=O) groups is 1. The second kappa shape index (κ2) is 14.0. The normalized spacial score (nSPS) is 13.1. The Balaban J connectivity index is 2.87. The molecule has 0 amide bonds. The zero-order valence-corrected chi connectivity index (χ0v) is 24.5. The van der Waals surface area contributed by atoms with Crippen LogP contribution in [0.5, 0.6) is 0 Å². The molecule has 7 nitrogen and oxygen atoms in total. The first-order valence-electron chi connectivity index (χ1n) is 13.0. The number of carbonyl (C=O) groups excluding carboxylic acids is 1. The lowest BCUT2D eigenvalue weighted by Crippen LogP contribution is -2.40. The second-order valence-electron chi connectivity index (χ2n) is 11.4. The number of hydrogen-bond acceptors (Lipinski definition) is 6. The van der Waals surface area contributed by atoms with E-state index in [0.29, 0.717) is 18.2 Å². The van der Waals surface area contributed by atoms with Gasteiger partial charge >= 0.3 is 5.97 Å². The molecule has 0 aliphatic rings. The van der Waals surface area contributed by atoms with Gasteiger partial charge in [-0.15, -0.1) is 0 Å². The molecule has 200 valence electrons. The summed E-state index contributed by atoms with van der Waals surface area (Å²) in [4.78, 5) is 25.7. The quantitative estimate of drug-likeness (QED) is 0.0812. The molecule has 1 aromatic carbocycles. The summed E-state index contributed by atoms with van der Waals surface area (Å²) in [6.07, 6.45) is 3.17. The summed E-state index contributed by atoms with van der Waals surface area (Å²) in [6.45, 7) is 21.8. The van der Waals surface area contributed by atoms with Crippen molar-refractivity contribution in [1.29, 1.82) is 0 Å². The van der Waals surface area contributed by atoms with Crippen LogP contribution in [0.3, 0.4) is 0 Å². The van der Waals surface area contributed by atoms with Gasteiger partial charge in [0.05, 0.1) is 18.0 Å². The van der Waals surface area contributed by atoms with Gasteiger partial charge in [0, 0.05) is 25.8 Å². The molecule has 0 aliphatic heterocycles. The first-order chi connectivity index (χ1) is 16.2. The van der Waals surface area contributed by atoms with Crippen molar-refractivity contribution in [3.63, 3.8) is 0 Å². The van der Waals surface area contributed by atoms with E-state index in [9.17, 15) is 14.9 Å².